The van der Waals surface area contributed by atoms with Crippen molar-refractivity contribution in [1.29, 1.82) is 0 Å². The van der Waals surface area contributed by atoms with E-state index in [1.165, 1.54) is 0 Å². The number of likely N-dealkylation sites (tertiary alicyclic amines) is 1. The number of para-hydroxylation sites is 1. The minimum atomic E-state index is -0.634. The number of anilines is 3. The molecule has 5 atom stereocenters. The monoisotopic (exact) mass is 578 g/mol. The molecular weight excluding hydrogens is 536 g/mol. The Bertz CT molecular complexity index is 1220. The molecule has 3 aliphatic heterocycles. The van der Waals surface area contributed by atoms with Crippen molar-refractivity contribution in [3.8, 4) is 0 Å². The number of benzene rings is 2. The van der Waals surface area contributed by atoms with E-state index in [0.29, 0.717) is 17.9 Å². The second-order valence-electron chi connectivity index (χ2n) is 11.3. The molecule has 5 rings (SSSR count). The van der Waals surface area contributed by atoms with Gasteiger partial charge >= 0.3 is 0 Å². The van der Waals surface area contributed by atoms with Crippen LogP contribution in [0.1, 0.15) is 52.4 Å². The molecule has 2 aromatic rings. The van der Waals surface area contributed by atoms with Gasteiger partial charge in [0, 0.05) is 48.6 Å². The molecule has 0 radical (unpaired) electrons. The maximum absolute atomic E-state index is 14.1. The Labute approximate surface area is 247 Å². The van der Waals surface area contributed by atoms with Gasteiger partial charge in [-0.2, -0.15) is 0 Å². The summed E-state index contributed by atoms with van der Waals surface area (Å²) in [7, 11) is 0. The lowest BCUT2D eigenvalue weighted by Gasteiger charge is -2.34. The average molecular weight is 579 g/mol. The van der Waals surface area contributed by atoms with E-state index >= 15 is 0 Å². The summed E-state index contributed by atoms with van der Waals surface area (Å²) in [4.78, 5) is 45.8. The van der Waals surface area contributed by atoms with Crippen molar-refractivity contribution in [3.05, 3.63) is 54.6 Å². The number of nitrogens with one attached hydrogen (secondary N) is 2. The highest BCUT2D eigenvalue weighted by molar-refractivity contribution is 8.02. The number of rotatable bonds is 13. The van der Waals surface area contributed by atoms with Gasteiger partial charge in [-0.25, -0.2) is 0 Å². The summed E-state index contributed by atoms with van der Waals surface area (Å²) in [5, 5.41) is 15.3. The number of unbranched alkanes of at least 4 members (excludes halogenated alkanes) is 3. The minimum absolute atomic E-state index is 0.0167. The molecule has 2 bridgehead atoms. The first-order valence-electron chi connectivity index (χ1n) is 15.0. The van der Waals surface area contributed by atoms with E-state index in [2.05, 4.69) is 29.4 Å². The molecule has 2 aromatic carbocycles. The van der Waals surface area contributed by atoms with Crippen LogP contribution in [0.5, 0.6) is 0 Å². The van der Waals surface area contributed by atoms with Gasteiger partial charge in [0.2, 0.25) is 17.7 Å². The van der Waals surface area contributed by atoms with Crippen molar-refractivity contribution in [2.75, 3.05) is 41.8 Å². The van der Waals surface area contributed by atoms with Crippen LogP contribution in [-0.2, 0) is 14.4 Å². The number of aliphatic hydroxyl groups excluding tert-OH is 1. The highest BCUT2D eigenvalue weighted by atomic mass is 32.2. The van der Waals surface area contributed by atoms with E-state index in [1.807, 2.05) is 54.6 Å². The molecule has 8 nitrogen and oxygen atoms in total. The summed E-state index contributed by atoms with van der Waals surface area (Å²) in [6.07, 6.45) is 4.79. The molecule has 3 fully saturated rings. The Morgan fingerprint density at radius 2 is 1.61 bits per heavy atom. The van der Waals surface area contributed by atoms with E-state index in [-0.39, 0.29) is 29.6 Å². The number of nitrogens with zero attached hydrogens (tertiary/aromatic N) is 2. The SMILES string of the molecule is CCN(CC)c1ccc(NC(=O)C2N(CCCCCCO)C(=O)[C@@H]3[C@@H](C(=O)Nc4ccccc4)[C@H]4CCC23S4)cc1. The Balaban J connectivity index is 1.39. The third-order valence-corrected chi connectivity index (χ3v) is 10.9. The predicted molar refractivity (Wildman–Crippen MR) is 165 cm³/mol. The molecule has 3 aliphatic rings. The zero-order valence-electron chi connectivity index (χ0n) is 24.1. The van der Waals surface area contributed by atoms with Gasteiger partial charge in [-0.15, -0.1) is 11.8 Å². The van der Waals surface area contributed by atoms with Gasteiger partial charge in [0.15, 0.2) is 0 Å². The molecule has 3 N–H and O–H groups in total. The zero-order valence-corrected chi connectivity index (χ0v) is 24.9. The quantitative estimate of drug-likeness (QED) is 0.297. The second-order valence-corrected chi connectivity index (χ2v) is 12.9. The van der Waals surface area contributed by atoms with Crippen LogP contribution in [0.25, 0.3) is 0 Å². The number of thioether (sulfide) groups is 1. The Hall–Kier alpha value is -3.04. The fourth-order valence-corrected chi connectivity index (χ4v) is 9.26. The van der Waals surface area contributed by atoms with Crippen LogP contribution in [0.15, 0.2) is 54.6 Å². The van der Waals surface area contributed by atoms with Gasteiger partial charge in [0.1, 0.15) is 6.04 Å². The molecule has 3 saturated heterocycles. The first-order chi connectivity index (χ1) is 19.9. The molecule has 9 heteroatoms. The van der Waals surface area contributed by atoms with Gasteiger partial charge in [-0.1, -0.05) is 31.0 Å². The van der Waals surface area contributed by atoms with Crippen molar-refractivity contribution in [2.24, 2.45) is 11.8 Å². The van der Waals surface area contributed by atoms with Crippen LogP contribution in [0, 0.1) is 11.8 Å². The Kier molecular flexibility index (Phi) is 9.24. The van der Waals surface area contributed by atoms with Crippen molar-refractivity contribution in [3.63, 3.8) is 0 Å². The van der Waals surface area contributed by atoms with Gasteiger partial charge < -0.3 is 25.5 Å². The summed E-state index contributed by atoms with van der Waals surface area (Å²) in [5.74, 6) is -1.38. The van der Waals surface area contributed by atoms with Crippen LogP contribution < -0.4 is 15.5 Å². The molecule has 0 aromatic heterocycles. The highest BCUT2D eigenvalue weighted by Gasteiger charge is 2.73. The van der Waals surface area contributed by atoms with Crippen LogP contribution in [0.4, 0.5) is 17.1 Å². The third kappa shape index (κ3) is 5.71. The van der Waals surface area contributed by atoms with E-state index < -0.39 is 22.6 Å². The van der Waals surface area contributed by atoms with Crippen LogP contribution >= 0.6 is 11.8 Å². The van der Waals surface area contributed by atoms with Crippen molar-refractivity contribution >= 4 is 46.5 Å². The standard InChI is InChI=1S/C32H42N4O4S/c1-3-35(4-2)24-16-14-23(15-17-24)34-30(39)28-32-19-18-25(41-32)26(29(38)33-22-12-8-7-9-13-22)27(32)31(40)36(28)20-10-5-6-11-21-37/h7-9,12-17,25-28,37H,3-6,10-11,18-21H2,1-2H3,(H,33,38)(H,34,39)/t25-,26+,27+,28?,32?/m1/s1. The normalized spacial score (nSPS) is 26.2. The maximum Gasteiger partial charge on any atom is 0.248 e. The fraction of sp³-hybridized carbons (Fsp3) is 0.531. The third-order valence-electron chi connectivity index (χ3n) is 8.96. The lowest BCUT2D eigenvalue weighted by Crippen LogP contribution is -2.51. The van der Waals surface area contributed by atoms with E-state index in [1.54, 1.807) is 16.7 Å². The second kappa shape index (κ2) is 12.9. The van der Waals surface area contributed by atoms with E-state index in [4.69, 9.17) is 5.11 Å². The molecule has 3 amide bonds. The van der Waals surface area contributed by atoms with Gasteiger partial charge in [-0.3, -0.25) is 14.4 Å². The summed E-state index contributed by atoms with van der Waals surface area (Å²) < 4.78 is -0.614. The predicted octanol–water partition coefficient (Wildman–Crippen LogP) is 4.75. The first-order valence-corrected chi connectivity index (χ1v) is 15.9. The molecule has 41 heavy (non-hydrogen) atoms. The van der Waals surface area contributed by atoms with Gasteiger partial charge in [0.25, 0.3) is 0 Å². The number of carbonyl (C=O) groups excluding carboxylic acids is 3. The molecule has 1 spiro atoms. The van der Waals surface area contributed by atoms with Crippen LogP contribution in [-0.4, -0.2) is 70.0 Å². The van der Waals surface area contributed by atoms with Crippen molar-refractivity contribution in [2.45, 2.75) is 68.4 Å². The lowest BCUT2D eigenvalue weighted by atomic mass is 9.70. The lowest BCUT2D eigenvalue weighted by molar-refractivity contribution is -0.138. The minimum Gasteiger partial charge on any atom is -0.396 e. The Morgan fingerprint density at radius 3 is 2.29 bits per heavy atom. The summed E-state index contributed by atoms with van der Waals surface area (Å²) in [6, 6.07) is 16.6. The largest absolute Gasteiger partial charge is 0.396 e. The number of hydrogen-bond donors (Lipinski definition) is 3. The number of carbonyl (C=O) groups is 3. The topological polar surface area (TPSA) is 102 Å². The molecule has 0 aliphatic carbocycles. The maximum atomic E-state index is 14.1. The van der Waals surface area contributed by atoms with Crippen molar-refractivity contribution < 1.29 is 19.5 Å². The number of fused-ring (bicyclic) bond motifs is 1. The molecule has 220 valence electrons. The smallest absolute Gasteiger partial charge is 0.248 e. The zero-order chi connectivity index (χ0) is 29.0. The Morgan fingerprint density at radius 1 is 0.951 bits per heavy atom. The highest BCUT2D eigenvalue weighted by Crippen LogP contribution is 2.66. The summed E-state index contributed by atoms with van der Waals surface area (Å²) in [6.45, 7) is 6.67. The molecule has 0 saturated carbocycles. The van der Waals surface area contributed by atoms with Crippen LogP contribution in [0.3, 0.4) is 0 Å². The van der Waals surface area contributed by atoms with E-state index in [0.717, 1.165) is 57.3 Å². The number of amides is 3. The summed E-state index contributed by atoms with van der Waals surface area (Å²) >= 11 is 1.69. The number of aliphatic hydroxyl groups is 1. The van der Waals surface area contributed by atoms with Gasteiger partial charge in [0.05, 0.1) is 16.6 Å². The fourth-order valence-electron chi connectivity index (χ4n) is 7.04. The van der Waals surface area contributed by atoms with Crippen LogP contribution in [0.2, 0.25) is 0 Å². The molecular formula is C32H42N4O4S. The average Bonchev–Trinajstić information content (AvgIpc) is 3.62. The summed E-state index contributed by atoms with van der Waals surface area (Å²) in [5.41, 5.74) is 2.52. The van der Waals surface area contributed by atoms with E-state index in [9.17, 15) is 14.4 Å². The molecule has 2 unspecified atom stereocenters. The number of hydrogen-bond acceptors (Lipinski definition) is 6. The van der Waals surface area contributed by atoms with Gasteiger partial charge in [-0.05, 0) is 75.9 Å². The first kappa shape index (κ1) is 29.5. The molecule has 3 heterocycles. The van der Waals surface area contributed by atoms with Crippen molar-refractivity contribution in [1.82, 2.24) is 4.90 Å².